The van der Waals surface area contributed by atoms with Crippen molar-refractivity contribution in [3.05, 3.63) is 51.6 Å². The summed E-state index contributed by atoms with van der Waals surface area (Å²) in [4.78, 5) is 10.1. The van der Waals surface area contributed by atoms with Crippen LogP contribution in [0.15, 0.2) is 35.4 Å². The molecule has 8 nitrogen and oxygen atoms in total. The molecule has 11 heteroatoms. The Morgan fingerprint density at radius 1 is 1.07 bits per heavy atom. The number of alkyl halides is 3. The summed E-state index contributed by atoms with van der Waals surface area (Å²) in [6.07, 6.45) is -3.39. The quantitative estimate of drug-likeness (QED) is 0.428. The summed E-state index contributed by atoms with van der Waals surface area (Å²) >= 11 is 0. The summed E-state index contributed by atoms with van der Waals surface area (Å²) in [5.74, 6) is 1.10. The van der Waals surface area contributed by atoms with E-state index in [9.17, 15) is 23.3 Å². The Labute approximate surface area is 157 Å². The largest absolute Gasteiger partial charge is 0.493 e. The number of benzene rings is 2. The third-order valence-electron chi connectivity index (χ3n) is 3.61. The molecule has 0 spiro atoms. The third-order valence-corrected chi connectivity index (χ3v) is 3.61. The zero-order valence-electron chi connectivity index (χ0n) is 15.0. The topological polar surface area (TPSA) is 95.2 Å². The number of hydrogen-bond donors (Lipinski definition) is 1. The maximum atomic E-state index is 12.7. The SMILES string of the molecule is COc1cc(/C=N/Nc2ccc(C(F)(F)F)cc2[N+](=O)[O-])cc(OC)c1OC. The summed E-state index contributed by atoms with van der Waals surface area (Å²) in [5.41, 5.74) is 0.797. The number of nitro benzene ring substituents is 1. The average Bonchev–Trinajstić information content (AvgIpc) is 2.66. The summed E-state index contributed by atoms with van der Waals surface area (Å²) < 4.78 is 53.8. The standard InChI is InChI=1S/C17H16F3N3O5/c1-26-14-6-10(7-15(27-2)16(14)28-3)9-21-22-12-5-4-11(17(18,19)20)8-13(12)23(24)25/h4-9,22H,1-3H3/b21-9+. The zero-order valence-corrected chi connectivity index (χ0v) is 15.0. The molecule has 0 amide bonds. The minimum Gasteiger partial charge on any atom is -0.493 e. The van der Waals surface area contributed by atoms with Crippen LogP contribution in [0.1, 0.15) is 11.1 Å². The number of nitrogens with one attached hydrogen (secondary N) is 1. The highest BCUT2D eigenvalue weighted by Gasteiger charge is 2.33. The molecule has 0 fully saturated rings. The van der Waals surface area contributed by atoms with Crippen molar-refractivity contribution in [3.8, 4) is 17.2 Å². The van der Waals surface area contributed by atoms with Gasteiger partial charge in [-0.3, -0.25) is 15.5 Å². The molecule has 2 aromatic rings. The molecule has 0 radical (unpaired) electrons. The molecular formula is C17H16F3N3O5. The van der Waals surface area contributed by atoms with Gasteiger partial charge in [0, 0.05) is 11.6 Å². The summed E-state index contributed by atoms with van der Waals surface area (Å²) in [6.45, 7) is 0. The second-order valence-corrected chi connectivity index (χ2v) is 5.32. The molecule has 0 unspecified atom stereocenters. The highest BCUT2D eigenvalue weighted by Crippen LogP contribution is 2.38. The lowest BCUT2D eigenvalue weighted by atomic mass is 10.1. The second kappa shape index (κ2) is 8.46. The number of anilines is 1. The fraction of sp³-hybridized carbons (Fsp3) is 0.235. The van der Waals surface area contributed by atoms with E-state index >= 15 is 0 Å². The maximum Gasteiger partial charge on any atom is 0.416 e. The van der Waals surface area contributed by atoms with Gasteiger partial charge in [0.2, 0.25) is 5.75 Å². The molecular weight excluding hydrogens is 383 g/mol. The van der Waals surface area contributed by atoms with Crippen molar-refractivity contribution in [2.24, 2.45) is 5.10 Å². The number of hydrazone groups is 1. The van der Waals surface area contributed by atoms with Crippen molar-refractivity contribution in [3.63, 3.8) is 0 Å². The van der Waals surface area contributed by atoms with Crippen molar-refractivity contribution < 1.29 is 32.3 Å². The molecule has 2 aromatic carbocycles. The summed E-state index contributed by atoms with van der Waals surface area (Å²) in [6, 6.07) is 5.26. The Balaban J connectivity index is 2.31. The van der Waals surface area contributed by atoms with Crippen LogP contribution >= 0.6 is 0 Å². The fourth-order valence-corrected chi connectivity index (χ4v) is 2.31. The van der Waals surface area contributed by atoms with Gasteiger partial charge < -0.3 is 14.2 Å². The average molecular weight is 399 g/mol. The number of ether oxygens (including phenoxy) is 3. The Hall–Kier alpha value is -3.50. The van der Waals surface area contributed by atoms with Crippen LogP contribution < -0.4 is 19.6 Å². The van der Waals surface area contributed by atoms with Crippen LogP contribution in [-0.2, 0) is 6.18 Å². The van der Waals surface area contributed by atoms with E-state index in [1.165, 1.54) is 27.5 Å². The molecule has 0 aliphatic rings. The molecule has 28 heavy (non-hydrogen) atoms. The van der Waals surface area contributed by atoms with E-state index in [2.05, 4.69) is 10.5 Å². The van der Waals surface area contributed by atoms with Gasteiger partial charge in [-0.1, -0.05) is 0 Å². The van der Waals surface area contributed by atoms with E-state index in [0.29, 0.717) is 28.9 Å². The normalized spacial score (nSPS) is 11.4. The predicted molar refractivity (Wildman–Crippen MR) is 95.4 cm³/mol. The number of nitrogens with zero attached hydrogens (tertiary/aromatic N) is 2. The minimum atomic E-state index is -4.69. The molecule has 150 valence electrons. The first-order chi connectivity index (χ1) is 13.2. The van der Waals surface area contributed by atoms with Crippen molar-refractivity contribution in [1.29, 1.82) is 0 Å². The molecule has 0 saturated carbocycles. The van der Waals surface area contributed by atoms with Crippen molar-refractivity contribution in [2.45, 2.75) is 6.18 Å². The van der Waals surface area contributed by atoms with Gasteiger partial charge in [-0.2, -0.15) is 18.3 Å². The molecule has 0 aliphatic heterocycles. The van der Waals surface area contributed by atoms with Gasteiger partial charge in [-0.25, -0.2) is 0 Å². The van der Waals surface area contributed by atoms with Gasteiger partial charge in [0.1, 0.15) is 5.69 Å². The van der Waals surface area contributed by atoms with E-state index in [0.717, 1.165) is 12.1 Å². The third kappa shape index (κ3) is 4.61. The first-order valence-electron chi connectivity index (χ1n) is 7.66. The fourth-order valence-electron chi connectivity index (χ4n) is 2.31. The first-order valence-corrected chi connectivity index (χ1v) is 7.66. The van der Waals surface area contributed by atoms with Crippen LogP contribution in [0, 0.1) is 10.1 Å². The van der Waals surface area contributed by atoms with Crippen molar-refractivity contribution in [1.82, 2.24) is 0 Å². The number of nitro groups is 1. The van der Waals surface area contributed by atoms with Crippen LogP contribution in [-0.4, -0.2) is 32.5 Å². The smallest absolute Gasteiger partial charge is 0.416 e. The Kier molecular flexibility index (Phi) is 6.29. The maximum absolute atomic E-state index is 12.7. The summed E-state index contributed by atoms with van der Waals surface area (Å²) in [5, 5.41) is 14.9. The summed E-state index contributed by atoms with van der Waals surface area (Å²) in [7, 11) is 4.31. The lowest BCUT2D eigenvalue weighted by Crippen LogP contribution is -2.06. The molecule has 0 atom stereocenters. The molecule has 0 aromatic heterocycles. The molecule has 0 saturated heterocycles. The zero-order chi connectivity index (χ0) is 20.9. The Morgan fingerprint density at radius 3 is 2.14 bits per heavy atom. The highest BCUT2D eigenvalue weighted by atomic mass is 19.4. The monoisotopic (exact) mass is 399 g/mol. The van der Waals surface area contributed by atoms with Crippen LogP contribution in [0.25, 0.3) is 0 Å². The Bertz CT molecular complexity index is 875. The van der Waals surface area contributed by atoms with Gasteiger partial charge in [-0.15, -0.1) is 0 Å². The molecule has 0 aliphatic carbocycles. The van der Waals surface area contributed by atoms with E-state index in [4.69, 9.17) is 14.2 Å². The lowest BCUT2D eigenvalue weighted by molar-refractivity contribution is -0.384. The van der Waals surface area contributed by atoms with E-state index in [1.807, 2.05) is 0 Å². The van der Waals surface area contributed by atoms with Crippen LogP contribution in [0.4, 0.5) is 24.5 Å². The molecule has 0 bridgehead atoms. The molecule has 2 rings (SSSR count). The number of hydrogen-bond acceptors (Lipinski definition) is 7. The second-order valence-electron chi connectivity index (χ2n) is 5.32. The van der Waals surface area contributed by atoms with Crippen molar-refractivity contribution >= 4 is 17.6 Å². The molecule has 0 heterocycles. The van der Waals surface area contributed by atoms with Gasteiger partial charge in [-0.05, 0) is 24.3 Å². The highest BCUT2D eigenvalue weighted by molar-refractivity contribution is 5.83. The van der Waals surface area contributed by atoms with E-state index < -0.39 is 22.4 Å². The Morgan fingerprint density at radius 2 is 1.68 bits per heavy atom. The minimum absolute atomic E-state index is 0.193. The van der Waals surface area contributed by atoms with E-state index in [-0.39, 0.29) is 5.69 Å². The predicted octanol–water partition coefficient (Wildman–Crippen LogP) is 4.09. The number of rotatable bonds is 7. The van der Waals surface area contributed by atoms with Crippen molar-refractivity contribution in [2.75, 3.05) is 26.8 Å². The van der Waals surface area contributed by atoms with Gasteiger partial charge in [0.05, 0.1) is 38.0 Å². The van der Waals surface area contributed by atoms with Gasteiger partial charge >= 0.3 is 6.18 Å². The van der Waals surface area contributed by atoms with Gasteiger partial charge in [0.15, 0.2) is 11.5 Å². The molecule has 1 N–H and O–H groups in total. The van der Waals surface area contributed by atoms with Crippen LogP contribution in [0.5, 0.6) is 17.2 Å². The number of halogens is 3. The number of methoxy groups -OCH3 is 3. The van der Waals surface area contributed by atoms with E-state index in [1.54, 1.807) is 12.1 Å². The first kappa shape index (κ1) is 20.8. The lowest BCUT2D eigenvalue weighted by Gasteiger charge is -2.12. The van der Waals surface area contributed by atoms with Crippen LogP contribution in [0.2, 0.25) is 0 Å². The van der Waals surface area contributed by atoms with Crippen LogP contribution in [0.3, 0.4) is 0 Å². The van der Waals surface area contributed by atoms with Gasteiger partial charge in [0.25, 0.3) is 5.69 Å².